The quantitative estimate of drug-likeness (QED) is 0.703. The molecule has 1 aromatic heterocycles. The summed E-state index contributed by atoms with van der Waals surface area (Å²) in [5.74, 6) is -0.900. The lowest BCUT2D eigenvalue weighted by atomic mass is 10.0. The van der Waals surface area contributed by atoms with Crippen LogP contribution in [0.5, 0.6) is 0 Å². The Hall–Kier alpha value is -1.42. The van der Waals surface area contributed by atoms with Crippen molar-refractivity contribution in [3.8, 4) is 0 Å². The summed E-state index contributed by atoms with van der Waals surface area (Å²) < 4.78 is 0. The monoisotopic (exact) mass is 178 g/mol. The van der Waals surface area contributed by atoms with Gasteiger partial charge >= 0.3 is 5.97 Å². The second-order valence-corrected chi connectivity index (χ2v) is 3.07. The molecular formula is C9H10N2O2. The number of aromatic nitrogens is 1. The average Bonchev–Trinajstić information content (AvgIpc) is 2.01. The van der Waals surface area contributed by atoms with Crippen LogP contribution in [0.1, 0.15) is 28.5 Å². The van der Waals surface area contributed by atoms with E-state index in [4.69, 9.17) is 5.11 Å². The van der Waals surface area contributed by atoms with Crippen LogP contribution in [0.25, 0.3) is 0 Å². The predicted molar refractivity (Wildman–Crippen MR) is 46.6 cm³/mol. The first-order valence-corrected chi connectivity index (χ1v) is 4.20. The molecule has 4 heteroatoms. The molecule has 1 fully saturated rings. The van der Waals surface area contributed by atoms with Crippen LogP contribution in [0, 0.1) is 0 Å². The Balaban J connectivity index is 2.26. The second-order valence-electron chi connectivity index (χ2n) is 3.07. The van der Waals surface area contributed by atoms with Crippen LogP contribution in [-0.4, -0.2) is 22.6 Å². The molecule has 1 aliphatic heterocycles. The normalized spacial score (nSPS) is 20.8. The highest BCUT2D eigenvalue weighted by Crippen LogP contribution is 2.20. The first-order valence-electron chi connectivity index (χ1n) is 4.20. The van der Waals surface area contributed by atoms with E-state index in [1.807, 2.05) is 0 Å². The zero-order valence-electron chi connectivity index (χ0n) is 7.03. The number of hydrogen-bond acceptors (Lipinski definition) is 3. The molecule has 2 N–H and O–H groups in total. The number of aromatic carboxylic acids is 1. The van der Waals surface area contributed by atoms with Crippen molar-refractivity contribution in [3.63, 3.8) is 0 Å². The molecule has 1 saturated heterocycles. The van der Waals surface area contributed by atoms with Crippen LogP contribution in [0.4, 0.5) is 0 Å². The first-order chi connectivity index (χ1) is 6.27. The Morgan fingerprint density at radius 2 is 2.46 bits per heavy atom. The van der Waals surface area contributed by atoms with Crippen molar-refractivity contribution in [1.82, 2.24) is 10.3 Å². The summed E-state index contributed by atoms with van der Waals surface area (Å²) in [4.78, 5) is 14.8. The molecule has 0 radical (unpaired) electrons. The molecule has 0 spiro atoms. The summed E-state index contributed by atoms with van der Waals surface area (Å²) in [6.45, 7) is 0.990. The summed E-state index contributed by atoms with van der Waals surface area (Å²) in [5, 5.41) is 11.9. The van der Waals surface area contributed by atoms with Crippen molar-refractivity contribution >= 4 is 5.97 Å². The van der Waals surface area contributed by atoms with Gasteiger partial charge in [0.05, 0.1) is 17.3 Å². The summed E-state index contributed by atoms with van der Waals surface area (Å²) in [5.41, 5.74) is 1.13. The Labute approximate surface area is 75.6 Å². The van der Waals surface area contributed by atoms with Crippen molar-refractivity contribution in [2.45, 2.75) is 12.5 Å². The Kier molecular flexibility index (Phi) is 1.98. The van der Waals surface area contributed by atoms with Crippen molar-refractivity contribution in [2.24, 2.45) is 0 Å². The van der Waals surface area contributed by atoms with E-state index in [1.54, 1.807) is 12.3 Å². The third-order valence-corrected chi connectivity index (χ3v) is 2.21. The fourth-order valence-corrected chi connectivity index (χ4v) is 1.31. The molecule has 0 aromatic carbocycles. The number of carboxylic acids is 1. The SMILES string of the molecule is O=C(O)c1ccnc(C2CCN2)c1. The lowest BCUT2D eigenvalue weighted by Gasteiger charge is -2.26. The first kappa shape index (κ1) is 8.19. The minimum Gasteiger partial charge on any atom is -0.478 e. The molecule has 0 saturated carbocycles. The molecular weight excluding hydrogens is 168 g/mol. The standard InChI is InChI=1S/C9H10N2O2/c12-9(13)6-1-3-11-8(5-6)7-2-4-10-7/h1,3,5,7,10H,2,4H2,(H,12,13). The third-order valence-electron chi connectivity index (χ3n) is 2.21. The van der Waals surface area contributed by atoms with Gasteiger partial charge in [-0.25, -0.2) is 4.79 Å². The third kappa shape index (κ3) is 1.53. The maximum atomic E-state index is 10.6. The van der Waals surface area contributed by atoms with Gasteiger partial charge in [0, 0.05) is 6.20 Å². The van der Waals surface area contributed by atoms with E-state index < -0.39 is 5.97 Å². The molecule has 0 amide bonds. The van der Waals surface area contributed by atoms with Gasteiger partial charge in [0.2, 0.25) is 0 Å². The van der Waals surface area contributed by atoms with E-state index in [0.29, 0.717) is 5.56 Å². The van der Waals surface area contributed by atoms with Crippen LogP contribution in [-0.2, 0) is 0 Å². The van der Waals surface area contributed by atoms with E-state index in [2.05, 4.69) is 10.3 Å². The van der Waals surface area contributed by atoms with Crippen molar-refractivity contribution in [3.05, 3.63) is 29.6 Å². The number of rotatable bonds is 2. The van der Waals surface area contributed by atoms with Crippen LogP contribution >= 0.6 is 0 Å². The highest BCUT2D eigenvalue weighted by Gasteiger charge is 2.20. The lowest BCUT2D eigenvalue weighted by Crippen LogP contribution is -2.35. The van der Waals surface area contributed by atoms with Crippen LogP contribution in [0.15, 0.2) is 18.3 Å². The number of carbonyl (C=O) groups is 1. The van der Waals surface area contributed by atoms with Crippen molar-refractivity contribution < 1.29 is 9.90 Å². The summed E-state index contributed by atoms with van der Waals surface area (Å²) in [6, 6.07) is 3.38. The Morgan fingerprint density at radius 1 is 1.69 bits per heavy atom. The van der Waals surface area contributed by atoms with E-state index in [0.717, 1.165) is 18.7 Å². The van der Waals surface area contributed by atoms with Crippen LogP contribution < -0.4 is 5.32 Å². The average molecular weight is 178 g/mol. The largest absolute Gasteiger partial charge is 0.478 e. The number of hydrogen-bond donors (Lipinski definition) is 2. The van der Waals surface area contributed by atoms with Crippen molar-refractivity contribution in [2.75, 3.05) is 6.54 Å². The van der Waals surface area contributed by atoms with Gasteiger partial charge in [-0.3, -0.25) is 4.98 Å². The van der Waals surface area contributed by atoms with E-state index in [1.165, 1.54) is 6.07 Å². The molecule has 0 bridgehead atoms. The zero-order valence-corrected chi connectivity index (χ0v) is 7.03. The fraction of sp³-hybridized carbons (Fsp3) is 0.333. The lowest BCUT2D eigenvalue weighted by molar-refractivity contribution is 0.0696. The molecule has 68 valence electrons. The fourth-order valence-electron chi connectivity index (χ4n) is 1.31. The molecule has 4 nitrogen and oxygen atoms in total. The van der Waals surface area contributed by atoms with Gasteiger partial charge in [-0.1, -0.05) is 0 Å². The smallest absolute Gasteiger partial charge is 0.335 e. The molecule has 2 rings (SSSR count). The number of nitrogens with zero attached hydrogens (tertiary/aromatic N) is 1. The molecule has 1 unspecified atom stereocenters. The molecule has 1 aliphatic rings. The minimum atomic E-state index is -0.900. The van der Waals surface area contributed by atoms with Gasteiger partial charge in [0.15, 0.2) is 0 Å². The van der Waals surface area contributed by atoms with E-state index in [9.17, 15) is 4.79 Å². The maximum absolute atomic E-state index is 10.6. The number of carboxylic acid groups (broad SMARTS) is 1. The van der Waals surface area contributed by atoms with Crippen LogP contribution in [0.2, 0.25) is 0 Å². The number of pyridine rings is 1. The highest BCUT2D eigenvalue weighted by molar-refractivity contribution is 5.87. The maximum Gasteiger partial charge on any atom is 0.335 e. The van der Waals surface area contributed by atoms with Gasteiger partial charge in [0.1, 0.15) is 0 Å². The molecule has 13 heavy (non-hydrogen) atoms. The van der Waals surface area contributed by atoms with Gasteiger partial charge in [-0.2, -0.15) is 0 Å². The van der Waals surface area contributed by atoms with Gasteiger partial charge in [0.25, 0.3) is 0 Å². The topological polar surface area (TPSA) is 62.2 Å². The molecule has 1 atom stereocenters. The van der Waals surface area contributed by atoms with Gasteiger partial charge in [-0.05, 0) is 25.1 Å². The summed E-state index contributed by atoms with van der Waals surface area (Å²) >= 11 is 0. The molecule has 1 aromatic rings. The minimum absolute atomic E-state index is 0.249. The van der Waals surface area contributed by atoms with Crippen molar-refractivity contribution in [1.29, 1.82) is 0 Å². The van der Waals surface area contributed by atoms with E-state index in [-0.39, 0.29) is 6.04 Å². The molecule has 2 heterocycles. The summed E-state index contributed by atoms with van der Waals surface area (Å²) in [6.07, 6.45) is 2.58. The number of nitrogens with one attached hydrogen (secondary N) is 1. The Bertz CT molecular complexity index is 334. The predicted octanol–water partition coefficient (Wildman–Crippen LogP) is 0.814. The van der Waals surface area contributed by atoms with Gasteiger partial charge < -0.3 is 10.4 Å². The van der Waals surface area contributed by atoms with Crippen LogP contribution in [0.3, 0.4) is 0 Å². The summed E-state index contributed by atoms with van der Waals surface area (Å²) in [7, 11) is 0. The highest BCUT2D eigenvalue weighted by atomic mass is 16.4. The Morgan fingerprint density at radius 3 is 3.00 bits per heavy atom. The van der Waals surface area contributed by atoms with E-state index >= 15 is 0 Å². The zero-order chi connectivity index (χ0) is 9.26. The second kappa shape index (κ2) is 3.14. The molecule has 0 aliphatic carbocycles. The van der Waals surface area contributed by atoms with Gasteiger partial charge in [-0.15, -0.1) is 0 Å².